The number of carbonyl (C=O) groups is 1. The number of pyridine rings is 1. The van der Waals surface area contributed by atoms with Crippen LogP contribution in [-0.2, 0) is 11.3 Å². The molecule has 0 unspecified atom stereocenters. The first-order valence-electron chi connectivity index (χ1n) is 8.82. The van der Waals surface area contributed by atoms with Crippen molar-refractivity contribution < 1.29 is 9.72 Å². The van der Waals surface area contributed by atoms with E-state index in [0.29, 0.717) is 38.3 Å². The summed E-state index contributed by atoms with van der Waals surface area (Å²) in [5, 5.41) is 14.0. The van der Waals surface area contributed by atoms with Crippen LogP contribution in [0.25, 0.3) is 0 Å². The number of aromatic nitrogens is 1. The summed E-state index contributed by atoms with van der Waals surface area (Å²) in [5.74, 6) is 0.530. The lowest BCUT2D eigenvalue weighted by Crippen LogP contribution is -2.40. The highest BCUT2D eigenvalue weighted by Crippen LogP contribution is 2.30. The van der Waals surface area contributed by atoms with E-state index in [0.717, 1.165) is 5.56 Å². The van der Waals surface area contributed by atoms with Gasteiger partial charge in [0.05, 0.1) is 9.95 Å². The second-order valence-electron chi connectivity index (χ2n) is 6.72. The first kappa shape index (κ1) is 19.1. The zero-order chi connectivity index (χ0) is 19.4. The quantitative estimate of drug-likeness (QED) is 0.625. The van der Waals surface area contributed by atoms with Crippen LogP contribution in [0, 0.1) is 23.0 Å². The van der Waals surface area contributed by atoms with Crippen molar-refractivity contribution in [2.45, 2.75) is 26.3 Å². The summed E-state index contributed by atoms with van der Waals surface area (Å²) >= 11 is 6.15. The summed E-state index contributed by atoms with van der Waals surface area (Å²) in [7, 11) is 0. The Kier molecular flexibility index (Phi) is 5.91. The molecule has 2 heterocycles. The van der Waals surface area contributed by atoms with Gasteiger partial charge in [0, 0.05) is 31.6 Å². The van der Waals surface area contributed by atoms with Gasteiger partial charge in [-0.05, 0) is 25.3 Å². The van der Waals surface area contributed by atoms with E-state index in [1.807, 2.05) is 36.1 Å². The first-order chi connectivity index (χ1) is 12.9. The van der Waals surface area contributed by atoms with Crippen molar-refractivity contribution in [1.29, 1.82) is 0 Å². The summed E-state index contributed by atoms with van der Waals surface area (Å²) in [6.07, 6.45) is 2.59. The number of nitrogens with zero attached hydrogens (tertiary/aromatic N) is 3. The number of hydrogen-bond acceptors (Lipinski definition) is 5. The monoisotopic (exact) mass is 388 g/mol. The second kappa shape index (κ2) is 8.35. The van der Waals surface area contributed by atoms with Gasteiger partial charge in [-0.2, -0.15) is 0 Å². The Hall–Kier alpha value is -2.67. The van der Waals surface area contributed by atoms with E-state index in [4.69, 9.17) is 11.6 Å². The van der Waals surface area contributed by atoms with E-state index < -0.39 is 4.92 Å². The lowest BCUT2D eigenvalue weighted by molar-refractivity contribution is -0.385. The normalized spacial score (nSPS) is 14.8. The molecule has 7 nitrogen and oxygen atoms in total. The number of piperidine rings is 1. The molecule has 0 saturated carbocycles. The summed E-state index contributed by atoms with van der Waals surface area (Å²) in [4.78, 5) is 28.8. The van der Waals surface area contributed by atoms with E-state index in [9.17, 15) is 14.9 Å². The van der Waals surface area contributed by atoms with Crippen LogP contribution in [0.2, 0.25) is 5.02 Å². The van der Waals surface area contributed by atoms with Crippen molar-refractivity contribution in [3.8, 4) is 0 Å². The largest absolute Gasteiger partial charge is 0.355 e. The Morgan fingerprint density at radius 3 is 2.59 bits per heavy atom. The van der Waals surface area contributed by atoms with Crippen molar-refractivity contribution in [2.75, 3.05) is 18.0 Å². The molecule has 1 fully saturated rings. The minimum atomic E-state index is -0.521. The Balaban J connectivity index is 1.53. The molecule has 1 aliphatic heterocycles. The fourth-order valence-corrected chi connectivity index (χ4v) is 3.43. The zero-order valence-electron chi connectivity index (χ0n) is 15.0. The molecule has 0 aliphatic carbocycles. The average Bonchev–Trinajstić information content (AvgIpc) is 2.67. The standard InChI is InChI=1S/C19H21ClN4O3/c1-13-2-4-14(5-3-13)11-22-19(25)15-6-8-23(9-7-15)18-17(20)10-16(12-21-18)24(26)27/h2-5,10,12,15H,6-9,11H2,1H3,(H,22,25). The molecule has 1 aliphatic rings. The van der Waals surface area contributed by atoms with E-state index in [2.05, 4.69) is 10.3 Å². The zero-order valence-corrected chi connectivity index (χ0v) is 15.8. The maximum atomic E-state index is 12.4. The molecular formula is C19H21ClN4O3. The molecule has 8 heteroatoms. The molecule has 0 spiro atoms. The first-order valence-corrected chi connectivity index (χ1v) is 9.20. The molecule has 27 heavy (non-hydrogen) atoms. The molecule has 1 saturated heterocycles. The number of carbonyl (C=O) groups excluding carboxylic acids is 1. The van der Waals surface area contributed by atoms with E-state index in [1.165, 1.54) is 17.8 Å². The molecule has 0 bridgehead atoms. The maximum absolute atomic E-state index is 12.4. The molecular weight excluding hydrogens is 368 g/mol. The molecule has 1 amide bonds. The third-order valence-corrected chi connectivity index (χ3v) is 5.05. The number of amides is 1. The SMILES string of the molecule is Cc1ccc(CNC(=O)C2CCN(c3ncc([N+](=O)[O-])cc3Cl)CC2)cc1. The number of halogens is 1. The van der Waals surface area contributed by atoms with Gasteiger partial charge in [-0.15, -0.1) is 0 Å². The Morgan fingerprint density at radius 1 is 1.33 bits per heavy atom. The Bertz CT molecular complexity index is 833. The highest BCUT2D eigenvalue weighted by Gasteiger charge is 2.27. The number of benzene rings is 1. The highest BCUT2D eigenvalue weighted by atomic mass is 35.5. The van der Waals surface area contributed by atoms with E-state index in [1.54, 1.807) is 0 Å². The summed E-state index contributed by atoms with van der Waals surface area (Å²) in [5.41, 5.74) is 2.14. The topological polar surface area (TPSA) is 88.4 Å². The number of nitro groups is 1. The van der Waals surface area contributed by atoms with Gasteiger partial charge in [-0.1, -0.05) is 41.4 Å². The smallest absolute Gasteiger partial charge is 0.289 e. The van der Waals surface area contributed by atoms with Gasteiger partial charge in [0.1, 0.15) is 12.0 Å². The van der Waals surface area contributed by atoms with Gasteiger partial charge in [0.25, 0.3) is 5.69 Å². The van der Waals surface area contributed by atoms with Gasteiger partial charge < -0.3 is 10.2 Å². The maximum Gasteiger partial charge on any atom is 0.289 e. The van der Waals surface area contributed by atoms with Gasteiger partial charge in [0.15, 0.2) is 0 Å². The number of rotatable bonds is 5. The van der Waals surface area contributed by atoms with E-state index in [-0.39, 0.29) is 22.5 Å². The molecule has 3 rings (SSSR count). The van der Waals surface area contributed by atoms with Crippen molar-refractivity contribution in [3.05, 3.63) is 62.8 Å². The van der Waals surface area contributed by atoms with Crippen LogP contribution >= 0.6 is 11.6 Å². The molecule has 0 radical (unpaired) electrons. The van der Waals surface area contributed by atoms with Gasteiger partial charge in [-0.25, -0.2) is 4.98 Å². The number of hydrogen-bond donors (Lipinski definition) is 1. The number of aryl methyl sites for hydroxylation is 1. The fraction of sp³-hybridized carbons (Fsp3) is 0.368. The highest BCUT2D eigenvalue weighted by molar-refractivity contribution is 6.33. The van der Waals surface area contributed by atoms with Crippen molar-refractivity contribution in [2.24, 2.45) is 5.92 Å². The van der Waals surface area contributed by atoms with Crippen molar-refractivity contribution in [1.82, 2.24) is 10.3 Å². The molecule has 2 aromatic rings. The molecule has 1 aromatic carbocycles. The van der Waals surface area contributed by atoms with Gasteiger partial charge >= 0.3 is 0 Å². The van der Waals surface area contributed by atoms with Crippen LogP contribution in [-0.4, -0.2) is 28.9 Å². The lowest BCUT2D eigenvalue weighted by atomic mass is 9.95. The van der Waals surface area contributed by atoms with E-state index >= 15 is 0 Å². The third-order valence-electron chi connectivity index (χ3n) is 4.77. The number of anilines is 1. The molecule has 0 atom stereocenters. The minimum absolute atomic E-state index is 0.0523. The second-order valence-corrected chi connectivity index (χ2v) is 7.13. The van der Waals surface area contributed by atoms with Crippen LogP contribution in [0.5, 0.6) is 0 Å². The lowest BCUT2D eigenvalue weighted by Gasteiger charge is -2.32. The number of nitrogens with one attached hydrogen (secondary N) is 1. The van der Waals surface area contributed by atoms with Gasteiger partial charge in [0.2, 0.25) is 5.91 Å². The third kappa shape index (κ3) is 4.74. The van der Waals surface area contributed by atoms with Crippen LogP contribution in [0.1, 0.15) is 24.0 Å². The predicted molar refractivity (Wildman–Crippen MR) is 104 cm³/mol. The van der Waals surface area contributed by atoms with Crippen LogP contribution < -0.4 is 10.2 Å². The minimum Gasteiger partial charge on any atom is -0.355 e. The summed E-state index contributed by atoms with van der Waals surface area (Å²) in [6, 6.07) is 9.40. The van der Waals surface area contributed by atoms with Crippen LogP contribution in [0.15, 0.2) is 36.5 Å². The Morgan fingerprint density at radius 2 is 2.00 bits per heavy atom. The molecule has 1 N–H and O–H groups in total. The summed E-state index contributed by atoms with van der Waals surface area (Å²) < 4.78 is 0. The van der Waals surface area contributed by atoms with Crippen molar-refractivity contribution in [3.63, 3.8) is 0 Å². The van der Waals surface area contributed by atoms with Crippen LogP contribution in [0.4, 0.5) is 11.5 Å². The van der Waals surface area contributed by atoms with Crippen LogP contribution in [0.3, 0.4) is 0 Å². The molecule has 1 aromatic heterocycles. The van der Waals surface area contributed by atoms with Gasteiger partial charge in [-0.3, -0.25) is 14.9 Å². The van der Waals surface area contributed by atoms with Crippen molar-refractivity contribution >= 4 is 29.0 Å². The fourth-order valence-electron chi connectivity index (χ4n) is 3.15. The predicted octanol–water partition coefficient (Wildman–Crippen LogP) is 3.48. The Labute approximate surface area is 162 Å². The molecule has 142 valence electrons. The average molecular weight is 389 g/mol. The summed E-state index contributed by atoms with van der Waals surface area (Å²) in [6.45, 7) is 3.82.